The summed E-state index contributed by atoms with van der Waals surface area (Å²) >= 11 is 0. The minimum atomic E-state index is -1.14. The fraction of sp³-hybridized carbons (Fsp3) is 0.421. The van der Waals surface area contributed by atoms with Crippen molar-refractivity contribution in [1.82, 2.24) is 10.6 Å². The molecule has 0 aliphatic carbocycles. The molecular weight excluding hydrogens is 352 g/mol. The number of allylic oxidation sites excluding steroid dienone is 1. The monoisotopic (exact) mass is 378 g/mol. The molecule has 148 valence electrons. The standard InChI is InChI=1S/C19H26N2O6/c1-6-7-14-8-9-15(16(10-14)25-5)26-11-17(22)27-13(4)18(23)21-19(24)20-12(2)3/h6-10,12-13H,11H2,1-5H3,(H2,20,21,23,24)/b7-6+/t13-/m0/s1. The molecule has 3 amide bonds. The summed E-state index contributed by atoms with van der Waals surface area (Å²) in [7, 11) is 1.49. The van der Waals surface area contributed by atoms with Crippen LogP contribution in [0.1, 0.15) is 33.3 Å². The molecule has 0 fully saturated rings. The molecule has 1 aromatic rings. The number of ether oxygens (including phenoxy) is 3. The van der Waals surface area contributed by atoms with Gasteiger partial charge in [-0.3, -0.25) is 10.1 Å². The van der Waals surface area contributed by atoms with Crippen LogP contribution in [0.5, 0.6) is 11.5 Å². The van der Waals surface area contributed by atoms with Gasteiger partial charge in [0.25, 0.3) is 5.91 Å². The molecule has 0 unspecified atom stereocenters. The van der Waals surface area contributed by atoms with Crippen molar-refractivity contribution in [2.24, 2.45) is 0 Å². The summed E-state index contributed by atoms with van der Waals surface area (Å²) in [5.41, 5.74) is 0.925. The third-order valence-electron chi connectivity index (χ3n) is 3.23. The zero-order valence-corrected chi connectivity index (χ0v) is 16.2. The van der Waals surface area contributed by atoms with Crippen molar-refractivity contribution in [3.63, 3.8) is 0 Å². The number of carbonyl (C=O) groups is 3. The van der Waals surface area contributed by atoms with Gasteiger partial charge in [-0.2, -0.15) is 0 Å². The van der Waals surface area contributed by atoms with Crippen LogP contribution in [-0.4, -0.2) is 43.8 Å². The third kappa shape index (κ3) is 7.81. The van der Waals surface area contributed by atoms with Gasteiger partial charge in [-0.15, -0.1) is 0 Å². The number of hydrogen-bond donors (Lipinski definition) is 2. The first-order valence-electron chi connectivity index (χ1n) is 8.51. The lowest BCUT2D eigenvalue weighted by Gasteiger charge is -2.15. The molecule has 8 nitrogen and oxygen atoms in total. The van der Waals surface area contributed by atoms with Crippen LogP contribution in [0.25, 0.3) is 6.08 Å². The zero-order valence-electron chi connectivity index (χ0n) is 16.2. The predicted octanol–water partition coefficient (Wildman–Crippen LogP) is 2.27. The van der Waals surface area contributed by atoms with Gasteiger partial charge in [0, 0.05) is 6.04 Å². The van der Waals surface area contributed by atoms with E-state index in [0.717, 1.165) is 5.56 Å². The lowest BCUT2D eigenvalue weighted by atomic mass is 10.2. The van der Waals surface area contributed by atoms with E-state index < -0.39 is 30.6 Å². The van der Waals surface area contributed by atoms with E-state index in [9.17, 15) is 14.4 Å². The Hall–Kier alpha value is -3.03. The lowest BCUT2D eigenvalue weighted by molar-refractivity contribution is -0.156. The van der Waals surface area contributed by atoms with Gasteiger partial charge < -0.3 is 19.5 Å². The van der Waals surface area contributed by atoms with Gasteiger partial charge in [-0.25, -0.2) is 9.59 Å². The summed E-state index contributed by atoms with van der Waals surface area (Å²) in [5, 5.41) is 4.59. The number of hydrogen-bond acceptors (Lipinski definition) is 6. The molecule has 0 aliphatic heterocycles. The number of carbonyl (C=O) groups excluding carboxylic acids is 3. The van der Waals surface area contributed by atoms with E-state index in [0.29, 0.717) is 11.5 Å². The van der Waals surface area contributed by atoms with Crippen molar-refractivity contribution in [3.05, 3.63) is 29.8 Å². The topological polar surface area (TPSA) is 103 Å². The minimum Gasteiger partial charge on any atom is -0.493 e. The maximum Gasteiger partial charge on any atom is 0.344 e. The number of benzene rings is 1. The summed E-state index contributed by atoms with van der Waals surface area (Å²) in [6, 6.07) is 4.48. The highest BCUT2D eigenvalue weighted by Crippen LogP contribution is 2.28. The first-order chi connectivity index (χ1) is 12.8. The Morgan fingerprint density at radius 1 is 1.15 bits per heavy atom. The molecule has 0 aromatic heterocycles. The Morgan fingerprint density at radius 2 is 1.85 bits per heavy atom. The molecule has 0 aliphatic rings. The summed E-state index contributed by atoms with van der Waals surface area (Å²) in [4.78, 5) is 35.2. The van der Waals surface area contributed by atoms with Crippen molar-refractivity contribution in [1.29, 1.82) is 0 Å². The van der Waals surface area contributed by atoms with E-state index in [4.69, 9.17) is 14.2 Å². The van der Waals surface area contributed by atoms with Crippen molar-refractivity contribution < 1.29 is 28.6 Å². The second kappa shape index (κ2) is 10.8. The van der Waals surface area contributed by atoms with Crippen LogP contribution in [0.4, 0.5) is 4.79 Å². The number of rotatable bonds is 8. The second-order valence-electron chi connectivity index (χ2n) is 5.95. The molecule has 1 rings (SSSR count). The molecular formula is C19H26N2O6. The fourth-order valence-corrected chi connectivity index (χ4v) is 2.03. The Labute approximate surface area is 158 Å². The molecule has 0 saturated heterocycles. The highest BCUT2D eigenvalue weighted by molar-refractivity contribution is 5.97. The molecule has 8 heteroatoms. The molecule has 1 aromatic carbocycles. The Bertz CT molecular complexity index is 699. The highest BCUT2D eigenvalue weighted by atomic mass is 16.6. The SMILES string of the molecule is C/C=C/c1ccc(OCC(=O)O[C@@H](C)C(=O)NC(=O)NC(C)C)c(OC)c1. The molecule has 1 atom stereocenters. The highest BCUT2D eigenvalue weighted by Gasteiger charge is 2.20. The van der Waals surface area contributed by atoms with Gasteiger partial charge in [0.1, 0.15) is 0 Å². The van der Waals surface area contributed by atoms with Gasteiger partial charge in [0.2, 0.25) is 0 Å². The fourth-order valence-electron chi connectivity index (χ4n) is 2.03. The van der Waals surface area contributed by atoms with Gasteiger partial charge in [-0.1, -0.05) is 18.2 Å². The van der Waals surface area contributed by atoms with Gasteiger partial charge >= 0.3 is 12.0 Å². The third-order valence-corrected chi connectivity index (χ3v) is 3.23. The van der Waals surface area contributed by atoms with Crippen molar-refractivity contribution >= 4 is 24.0 Å². The number of methoxy groups -OCH3 is 1. The lowest BCUT2D eigenvalue weighted by Crippen LogP contribution is -2.46. The second-order valence-corrected chi connectivity index (χ2v) is 5.95. The van der Waals surface area contributed by atoms with Gasteiger partial charge in [0.05, 0.1) is 7.11 Å². The van der Waals surface area contributed by atoms with E-state index in [2.05, 4.69) is 10.6 Å². The van der Waals surface area contributed by atoms with E-state index in [1.807, 2.05) is 25.1 Å². The quantitative estimate of drug-likeness (QED) is 0.673. The van der Waals surface area contributed by atoms with Crippen molar-refractivity contribution in [2.45, 2.75) is 39.8 Å². The minimum absolute atomic E-state index is 0.127. The van der Waals surface area contributed by atoms with Gasteiger partial charge in [0.15, 0.2) is 24.2 Å². The number of nitrogens with one attached hydrogen (secondary N) is 2. The average Bonchev–Trinajstić information content (AvgIpc) is 2.59. The number of esters is 1. The smallest absolute Gasteiger partial charge is 0.344 e. The molecule has 0 heterocycles. The van der Waals surface area contributed by atoms with E-state index in [1.54, 1.807) is 26.0 Å². The average molecular weight is 378 g/mol. The van der Waals surface area contributed by atoms with Gasteiger partial charge in [-0.05, 0) is 45.4 Å². The maximum atomic E-state index is 11.9. The molecule has 0 radical (unpaired) electrons. The molecule has 0 bridgehead atoms. The van der Waals surface area contributed by atoms with E-state index >= 15 is 0 Å². The summed E-state index contributed by atoms with van der Waals surface area (Å²) in [5.74, 6) is -0.637. The van der Waals surface area contributed by atoms with Crippen LogP contribution >= 0.6 is 0 Å². The number of amides is 3. The van der Waals surface area contributed by atoms with Crippen LogP contribution < -0.4 is 20.1 Å². The molecule has 0 saturated carbocycles. The first-order valence-corrected chi connectivity index (χ1v) is 8.51. The molecule has 27 heavy (non-hydrogen) atoms. The van der Waals surface area contributed by atoms with Crippen molar-refractivity contribution in [2.75, 3.05) is 13.7 Å². The first kappa shape index (κ1) is 22.0. The largest absolute Gasteiger partial charge is 0.493 e. The van der Waals surface area contributed by atoms with Crippen LogP contribution in [0, 0.1) is 0 Å². The molecule has 0 spiro atoms. The van der Waals surface area contributed by atoms with E-state index in [1.165, 1.54) is 14.0 Å². The zero-order chi connectivity index (χ0) is 20.4. The van der Waals surface area contributed by atoms with E-state index in [-0.39, 0.29) is 6.04 Å². The Balaban J connectivity index is 2.55. The summed E-state index contributed by atoms with van der Waals surface area (Å²) in [6.45, 7) is 6.36. The maximum absolute atomic E-state index is 11.9. The van der Waals surface area contributed by atoms with Crippen LogP contribution in [0.15, 0.2) is 24.3 Å². The van der Waals surface area contributed by atoms with Crippen molar-refractivity contribution in [3.8, 4) is 11.5 Å². The van der Waals surface area contributed by atoms with Crippen LogP contribution in [0.2, 0.25) is 0 Å². The predicted molar refractivity (Wildman–Crippen MR) is 101 cm³/mol. The number of urea groups is 1. The summed E-state index contributed by atoms with van der Waals surface area (Å²) in [6.07, 6.45) is 2.65. The van der Waals surface area contributed by atoms with Crippen LogP contribution in [0.3, 0.4) is 0 Å². The number of imide groups is 1. The Kier molecular flexibility index (Phi) is 8.84. The summed E-state index contributed by atoms with van der Waals surface area (Å²) < 4.78 is 15.6. The normalized spacial score (nSPS) is 11.8. The molecule has 2 N–H and O–H groups in total. The Morgan fingerprint density at radius 3 is 2.44 bits per heavy atom. The van der Waals surface area contributed by atoms with Crippen LogP contribution in [-0.2, 0) is 14.3 Å².